The number of anilines is 1. The van der Waals surface area contributed by atoms with E-state index < -0.39 is 11.7 Å². The minimum atomic E-state index is -0.532. The van der Waals surface area contributed by atoms with Crippen LogP contribution in [0.25, 0.3) is 0 Å². The molecule has 0 heterocycles. The van der Waals surface area contributed by atoms with Gasteiger partial charge in [0.15, 0.2) is 0 Å². The van der Waals surface area contributed by atoms with Gasteiger partial charge in [0.25, 0.3) is 0 Å². The molecular formula is C15H21ClN2O2. The van der Waals surface area contributed by atoms with Gasteiger partial charge in [-0.05, 0) is 63.3 Å². The maximum Gasteiger partial charge on any atom is 0.412 e. The topological polar surface area (TPSA) is 64.3 Å². The fraction of sp³-hybridized carbons (Fsp3) is 0.533. The number of amides is 1. The standard InChI is InChI=1S/C15H21ClN2O2/c1-15(2,3)20-14(19)18-13-7-9(4-5-12(13)16)11-6-10(11)8-17/h4-5,7,10-11H,6,8,17H2,1-3H3,(H,18,19)/t10-,11-/m0/s1. The third-order valence-electron chi connectivity index (χ3n) is 3.28. The third-order valence-corrected chi connectivity index (χ3v) is 3.61. The molecule has 1 aliphatic rings. The molecule has 1 aromatic carbocycles. The lowest BCUT2D eigenvalue weighted by molar-refractivity contribution is 0.0636. The number of nitrogens with one attached hydrogen (secondary N) is 1. The number of rotatable bonds is 3. The number of halogens is 1. The van der Waals surface area contributed by atoms with Gasteiger partial charge >= 0.3 is 6.09 Å². The molecule has 0 radical (unpaired) electrons. The summed E-state index contributed by atoms with van der Waals surface area (Å²) in [7, 11) is 0. The number of carbonyl (C=O) groups excluding carboxylic acids is 1. The molecule has 20 heavy (non-hydrogen) atoms. The number of hydrogen-bond donors (Lipinski definition) is 2. The zero-order valence-corrected chi connectivity index (χ0v) is 12.8. The first-order valence-corrected chi connectivity index (χ1v) is 7.17. The summed E-state index contributed by atoms with van der Waals surface area (Å²) in [5.74, 6) is 1.03. The van der Waals surface area contributed by atoms with Gasteiger partial charge in [0.1, 0.15) is 5.60 Å². The smallest absolute Gasteiger partial charge is 0.412 e. The molecule has 1 aromatic rings. The molecule has 4 nitrogen and oxygen atoms in total. The van der Waals surface area contributed by atoms with Crippen LogP contribution < -0.4 is 11.1 Å². The molecule has 2 atom stereocenters. The van der Waals surface area contributed by atoms with Crippen molar-refractivity contribution in [2.45, 2.75) is 38.7 Å². The molecule has 3 N–H and O–H groups in total. The van der Waals surface area contributed by atoms with E-state index in [0.29, 0.717) is 29.1 Å². The van der Waals surface area contributed by atoms with Crippen LogP contribution in [0.5, 0.6) is 0 Å². The molecule has 0 bridgehead atoms. The Morgan fingerprint density at radius 1 is 1.50 bits per heavy atom. The first kappa shape index (κ1) is 15.1. The van der Waals surface area contributed by atoms with Gasteiger partial charge in [-0.2, -0.15) is 0 Å². The van der Waals surface area contributed by atoms with Gasteiger partial charge in [-0.25, -0.2) is 4.79 Å². The third kappa shape index (κ3) is 3.87. The molecule has 0 saturated heterocycles. The fourth-order valence-corrected chi connectivity index (χ4v) is 2.36. The first-order valence-electron chi connectivity index (χ1n) is 6.79. The van der Waals surface area contributed by atoms with Crippen molar-refractivity contribution >= 4 is 23.4 Å². The van der Waals surface area contributed by atoms with E-state index in [1.165, 1.54) is 0 Å². The van der Waals surface area contributed by atoms with E-state index in [-0.39, 0.29) is 0 Å². The lowest BCUT2D eigenvalue weighted by Gasteiger charge is -2.20. The average molecular weight is 297 g/mol. The quantitative estimate of drug-likeness (QED) is 0.893. The van der Waals surface area contributed by atoms with Gasteiger partial charge in [0.2, 0.25) is 0 Å². The molecule has 1 aliphatic carbocycles. The molecule has 1 amide bonds. The number of nitrogens with two attached hydrogens (primary N) is 1. The van der Waals surface area contributed by atoms with E-state index >= 15 is 0 Å². The van der Waals surface area contributed by atoms with E-state index in [1.807, 2.05) is 32.9 Å². The summed E-state index contributed by atoms with van der Waals surface area (Å²) in [6, 6.07) is 5.70. The molecule has 1 saturated carbocycles. The van der Waals surface area contributed by atoms with Crippen LogP contribution in [0.4, 0.5) is 10.5 Å². The highest BCUT2D eigenvalue weighted by atomic mass is 35.5. The Hall–Kier alpha value is -1.26. The van der Waals surface area contributed by atoms with Crippen LogP contribution in [0, 0.1) is 5.92 Å². The van der Waals surface area contributed by atoms with Crippen molar-refractivity contribution in [3.63, 3.8) is 0 Å². The monoisotopic (exact) mass is 296 g/mol. The van der Waals surface area contributed by atoms with E-state index in [0.717, 1.165) is 12.0 Å². The Morgan fingerprint density at radius 2 is 2.20 bits per heavy atom. The van der Waals surface area contributed by atoms with Gasteiger partial charge in [-0.15, -0.1) is 0 Å². The van der Waals surface area contributed by atoms with Crippen LogP contribution in [-0.4, -0.2) is 18.2 Å². The van der Waals surface area contributed by atoms with Crippen molar-refractivity contribution in [2.75, 3.05) is 11.9 Å². The summed E-state index contributed by atoms with van der Waals surface area (Å²) in [4.78, 5) is 11.8. The van der Waals surface area contributed by atoms with Gasteiger partial charge < -0.3 is 10.5 Å². The van der Waals surface area contributed by atoms with E-state index in [1.54, 1.807) is 6.07 Å². The van der Waals surface area contributed by atoms with Crippen LogP contribution in [-0.2, 0) is 4.74 Å². The van der Waals surface area contributed by atoms with Crippen molar-refractivity contribution in [3.05, 3.63) is 28.8 Å². The van der Waals surface area contributed by atoms with Gasteiger partial charge in [-0.1, -0.05) is 17.7 Å². The maximum atomic E-state index is 11.8. The van der Waals surface area contributed by atoms with Crippen molar-refractivity contribution in [2.24, 2.45) is 11.7 Å². The summed E-state index contributed by atoms with van der Waals surface area (Å²) in [6.07, 6.45) is 0.604. The van der Waals surface area contributed by atoms with E-state index in [4.69, 9.17) is 22.1 Å². The summed E-state index contributed by atoms with van der Waals surface area (Å²) in [6.45, 7) is 6.16. The molecule has 2 rings (SSSR count). The average Bonchev–Trinajstić information content (AvgIpc) is 3.09. The predicted octanol–water partition coefficient (Wildman–Crippen LogP) is 3.75. The lowest BCUT2D eigenvalue weighted by Crippen LogP contribution is -2.27. The highest BCUT2D eigenvalue weighted by Gasteiger charge is 2.37. The number of ether oxygens (including phenoxy) is 1. The van der Waals surface area contributed by atoms with Gasteiger partial charge in [-0.3, -0.25) is 5.32 Å². The zero-order valence-electron chi connectivity index (χ0n) is 12.1. The molecule has 110 valence electrons. The first-order chi connectivity index (χ1) is 9.30. The molecule has 1 fully saturated rings. The number of hydrogen-bond acceptors (Lipinski definition) is 3. The molecule has 5 heteroatoms. The number of benzene rings is 1. The lowest BCUT2D eigenvalue weighted by atomic mass is 10.1. The Bertz CT molecular complexity index is 511. The summed E-state index contributed by atoms with van der Waals surface area (Å²) >= 11 is 6.11. The maximum absolute atomic E-state index is 11.8. The van der Waals surface area contributed by atoms with Crippen molar-refractivity contribution < 1.29 is 9.53 Å². The second-order valence-corrected chi connectivity index (χ2v) is 6.61. The van der Waals surface area contributed by atoms with Crippen LogP contribution in [0.1, 0.15) is 38.7 Å². The fourth-order valence-electron chi connectivity index (χ4n) is 2.20. The summed E-state index contributed by atoms with van der Waals surface area (Å²) in [5, 5.41) is 3.20. The van der Waals surface area contributed by atoms with Crippen molar-refractivity contribution in [1.29, 1.82) is 0 Å². The number of carbonyl (C=O) groups is 1. The Balaban J connectivity index is 2.07. The van der Waals surface area contributed by atoms with Crippen LogP contribution >= 0.6 is 11.6 Å². The Kier molecular flexibility index (Phi) is 4.25. The predicted molar refractivity (Wildman–Crippen MR) is 81.2 cm³/mol. The highest BCUT2D eigenvalue weighted by Crippen LogP contribution is 2.47. The molecule has 0 unspecified atom stereocenters. The highest BCUT2D eigenvalue weighted by molar-refractivity contribution is 6.33. The van der Waals surface area contributed by atoms with Crippen molar-refractivity contribution in [3.8, 4) is 0 Å². The van der Waals surface area contributed by atoms with Crippen LogP contribution in [0.15, 0.2) is 18.2 Å². The summed E-state index contributed by atoms with van der Waals surface area (Å²) in [5.41, 5.74) is 6.88. The van der Waals surface area contributed by atoms with Crippen molar-refractivity contribution in [1.82, 2.24) is 0 Å². The van der Waals surface area contributed by atoms with Gasteiger partial charge in [0, 0.05) is 0 Å². The van der Waals surface area contributed by atoms with E-state index in [2.05, 4.69) is 5.32 Å². The summed E-state index contributed by atoms with van der Waals surface area (Å²) < 4.78 is 5.23. The minimum absolute atomic E-state index is 0.483. The molecule has 0 aliphatic heterocycles. The Labute approximate surface area is 124 Å². The second-order valence-electron chi connectivity index (χ2n) is 6.20. The normalized spacial score (nSPS) is 21.4. The Morgan fingerprint density at radius 3 is 2.75 bits per heavy atom. The van der Waals surface area contributed by atoms with Crippen LogP contribution in [0.3, 0.4) is 0 Å². The molecule has 0 spiro atoms. The van der Waals surface area contributed by atoms with E-state index in [9.17, 15) is 4.79 Å². The molecular weight excluding hydrogens is 276 g/mol. The SMILES string of the molecule is CC(C)(C)OC(=O)Nc1cc([C@@H]2C[C@H]2CN)ccc1Cl. The van der Waals surface area contributed by atoms with Crippen LogP contribution in [0.2, 0.25) is 5.02 Å². The zero-order chi connectivity index (χ0) is 14.9. The largest absolute Gasteiger partial charge is 0.444 e. The second kappa shape index (κ2) is 5.62. The molecule has 0 aromatic heterocycles. The van der Waals surface area contributed by atoms with Gasteiger partial charge in [0.05, 0.1) is 10.7 Å². The minimum Gasteiger partial charge on any atom is -0.444 e.